The Morgan fingerprint density at radius 3 is 2.27 bits per heavy atom. The molecule has 0 aromatic heterocycles. The van der Waals surface area contributed by atoms with Gasteiger partial charge in [-0.05, 0) is 66.7 Å². The number of methoxy groups -OCH3 is 2. The van der Waals surface area contributed by atoms with Gasteiger partial charge in [0.2, 0.25) is 0 Å². The van der Waals surface area contributed by atoms with E-state index in [-0.39, 0.29) is 48.5 Å². The normalized spacial score (nSPS) is 14.9. The lowest BCUT2D eigenvalue weighted by Gasteiger charge is -2.25. The predicted octanol–water partition coefficient (Wildman–Crippen LogP) is 6.70. The van der Waals surface area contributed by atoms with Gasteiger partial charge in [-0.2, -0.15) is 0 Å². The number of aliphatic carboxylic acids is 1. The summed E-state index contributed by atoms with van der Waals surface area (Å²) in [6.45, 7) is 10.2. The van der Waals surface area contributed by atoms with Crippen LogP contribution in [0.15, 0.2) is 53.3 Å². The summed E-state index contributed by atoms with van der Waals surface area (Å²) in [5.74, 6) is -1.95. The van der Waals surface area contributed by atoms with Gasteiger partial charge in [-0.15, -0.1) is 0 Å². The maximum absolute atomic E-state index is 13.2. The fourth-order valence-electron chi connectivity index (χ4n) is 5.00. The second-order valence-electron chi connectivity index (χ2n) is 11.8. The summed E-state index contributed by atoms with van der Waals surface area (Å²) < 4.78 is 27.7. The molecule has 9 nitrogen and oxygen atoms in total. The molecule has 9 heteroatoms. The number of hydrogen-bond donors (Lipinski definition) is 1. The van der Waals surface area contributed by atoms with Crippen molar-refractivity contribution in [2.45, 2.75) is 73.1 Å². The topological polar surface area (TPSA) is 118 Å². The highest BCUT2D eigenvalue weighted by Gasteiger charge is 2.31. The Hall–Kier alpha value is -3.59. The summed E-state index contributed by atoms with van der Waals surface area (Å²) in [7, 11) is 3.22. The Morgan fingerprint density at radius 1 is 0.955 bits per heavy atom. The van der Waals surface area contributed by atoms with Crippen molar-refractivity contribution in [3.05, 3.63) is 58.9 Å². The SMILES string of the molecule is COCCCOc1cc(CC(C/C(C(=O)O)=C(/CC(C(=O)OCC2=CCCC=C2)C(C)C)OC(C)=O)C(C)C)ccc1OC. The minimum Gasteiger partial charge on any atom is -0.493 e. The van der Waals surface area contributed by atoms with E-state index in [1.165, 1.54) is 6.92 Å². The van der Waals surface area contributed by atoms with Crippen LogP contribution in [0.5, 0.6) is 11.5 Å². The molecule has 244 valence electrons. The van der Waals surface area contributed by atoms with E-state index in [2.05, 4.69) is 0 Å². The van der Waals surface area contributed by atoms with E-state index in [0.29, 0.717) is 31.1 Å². The Morgan fingerprint density at radius 2 is 1.70 bits per heavy atom. The van der Waals surface area contributed by atoms with Crippen molar-refractivity contribution in [2.75, 3.05) is 34.0 Å². The van der Waals surface area contributed by atoms with E-state index in [9.17, 15) is 19.5 Å². The van der Waals surface area contributed by atoms with Crippen molar-refractivity contribution in [1.29, 1.82) is 0 Å². The molecule has 1 aliphatic carbocycles. The molecule has 0 amide bonds. The zero-order chi connectivity index (χ0) is 32.6. The first-order valence-electron chi connectivity index (χ1n) is 15.4. The maximum Gasteiger partial charge on any atom is 0.335 e. The third kappa shape index (κ3) is 12.2. The third-order valence-electron chi connectivity index (χ3n) is 7.71. The van der Waals surface area contributed by atoms with Crippen molar-refractivity contribution in [3.63, 3.8) is 0 Å². The number of rotatable bonds is 19. The zero-order valence-electron chi connectivity index (χ0n) is 27.4. The van der Waals surface area contributed by atoms with Crippen molar-refractivity contribution in [2.24, 2.45) is 23.7 Å². The molecule has 1 aromatic carbocycles. The molecule has 0 saturated carbocycles. The highest BCUT2D eigenvalue weighted by molar-refractivity contribution is 5.88. The van der Waals surface area contributed by atoms with Crippen LogP contribution in [0.3, 0.4) is 0 Å². The number of hydrogen-bond acceptors (Lipinski definition) is 8. The number of carbonyl (C=O) groups is 3. The molecule has 1 aromatic rings. The minimum atomic E-state index is -1.18. The zero-order valence-corrected chi connectivity index (χ0v) is 27.4. The molecular weight excluding hydrogens is 564 g/mol. The first kappa shape index (κ1) is 36.6. The summed E-state index contributed by atoms with van der Waals surface area (Å²) in [5.41, 5.74) is 1.87. The molecule has 0 radical (unpaired) electrons. The summed E-state index contributed by atoms with van der Waals surface area (Å²) >= 11 is 0. The number of esters is 2. The second kappa shape index (κ2) is 18.9. The molecule has 0 heterocycles. The standard InChI is InChI=1S/C35H50O9/c1-23(2)28(18-27-14-15-31(41-7)33(19-27)42-17-11-16-40-6)20-30(34(37)38)32(44-25(5)36)21-29(24(3)4)35(39)43-22-26-12-9-8-10-13-26/h9,12-15,19,23-24,28-29H,8,10-11,16-18,20-22H2,1-7H3,(H,37,38)/b32-30+. The number of carboxylic acid groups (broad SMARTS) is 1. The first-order valence-corrected chi connectivity index (χ1v) is 15.4. The van der Waals surface area contributed by atoms with Crippen molar-refractivity contribution in [3.8, 4) is 11.5 Å². The van der Waals surface area contributed by atoms with Crippen LogP contribution in [0.2, 0.25) is 0 Å². The van der Waals surface area contributed by atoms with Gasteiger partial charge in [0, 0.05) is 33.5 Å². The van der Waals surface area contributed by atoms with E-state index in [0.717, 1.165) is 30.4 Å². The molecule has 0 aliphatic heterocycles. The molecule has 1 aliphatic rings. The second-order valence-corrected chi connectivity index (χ2v) is 11.8. The van der Waals surface area contributed by atoms with Gasteiger partial charge >= 0.3 is 17.9 Å². The van der Waals surface area contributed by atoms with Gasteiger partial charge in [-0.25, -0.2) is 4.79 Å². The van der Waals surface area contributed by atoms with Gasteiger partial charge in [0.1, 0.15) is 12.4 Å². The van der Waals surface area contributed by atoms with Gasteiger partial charge in [-0.3, -0.25) is 9.59 Å². The van der Waals surface area contributed by atoms with E-state index >= 15 is 0 Å². The fraction of sp³-hybridized carbons (Fsp3) is 0.571. The summed E-state index contributed by atoms with van der Waals surface area (Å²) in [5, 5.41) is 10.3. The highest BCUT2D eigenvalue weighted by atomic mass is 16.5. The van der Waals surface area contributed by atoms with Gasteiger partial charge in [0.15, 0.2) is 11.5 Å². The Bertz CT molecular complexity index is 1190. The van der Waals surface area contributed by atoms with Crippen LogP contribution >= 0.6 is 0 Å². The van der Waals surface area contributed by atoms with Crippen LogP contribution in [0, 0.1) is 23.7 Å². The van der Waals surface area contributed by atoms with Crippen LogP contribution < -0.4 is 9.47 Å². The lowest BCUT2D eigenvalue weighted by Crippen LogP contribution is -2.26. The molecule has 0 saturated heterocycles. The third-order valence-corrected chi connectivity index (χ3v) is 7.71. The molecule has 2 rings (SSSR count). The van der Waals surface area contributed by atoms with Crippen LogP contribution in [-0.4, -0.2) is 57.1 Å². The van der Waals surface area contributed by atoms with Gasteiger partial charge in [0.05, 0.1) is 25.2 Å². The summed E-state index contributed by atoms with van der Waals surface area (Å²) in [6.07, 6.45) is 9.24. The Balaban J connectivity index is 2.34. The minimum absolute atomic E-state index is 0.0000239. The van der Waals surface area contributed by atoms with Crippen LogP contribution in [-0.2, 0) is 35.0 Å². The average molecular weight is 615 g/mol. The van der Waals surface area contributed by atoms with E-state index in [1.54, 1.807) is 14.2 Å². The van der Waals surface area contributed by atoms with Crippen molar-refractivity contribution in [1.82, 2.24) is 0 Å². The van der Waals surface area contributed by atoms with Crippen molar-refractivity contribution < 1.29 is 43.2 Å². The number of carbonyl (C=O) groups excluding carboxylic acids is 2. The molecule has 2 atom stereocenters. The Kier molecular flexibility index (Phi) is 15.8. The molecule has 0 bridgehead atoms. The van der Waals surface area contributed by atoms with E-state index < -0.39 is 23.8 Å². The van der Waals surface area contributed by atoms with Gasteiger partial charge in [0.25, 0.3) is 0 Å². The molecule has 1 N–H and O–H groups in total. The lowest BCUT2D eigenvalue weighted by molar-refractivity contribution is -0.150. The number of allylic oxidation sites excluding steroid dienone is 3. The molecule has 0 fully saturated rings. The molecule has 2 unspecified atom stereocenters. The van der Waals surface area contributed by atoms with E-state index in [4.69, 9.17) is 23.7 Å². The summed E-state index contributed by atoms with van der Waals surface area (Å²) in [4.78, 5) is 38.0. The van der Waals surface area contributed by atoms with Crippen LogP contribution in [0.25, 0.3) is 0 Å². The number of benzene rings is 1. The number of ether oxygens (including phenoxy) is 5. The first-order chi connectivity index (χ1) is 21.0. The molecular formula is C35H50O9. The van der Waals surface area contributed by atoms with Crippen LogP contribution in [0.4, 0.5) is 0 Å². The molecule has 44 heavy (non-hydrogen) atoms. The quantitative estimate of drug-likeness (QED) is 0.0786. The summed E-state index contributed by atoms with van der Waals surface area (Å²) in [6, 6.07) is 5.70. The predicted molar refractivity (Wildman–Crippen MR) is 168 cm³/mol. The van der Waals surface area contributed by atoms with Gasteiger partial charge < -0.3 is 28.8 Å². The lowest BCUT2D eigenvalue weighted by atomic mass is 9.82. The fourth-order valence-corrected chi connectivity index (χ4v) is 5.00. The molecule has 0 spiro atoms. The largest absolute Gasteiger partial charge is 0.493 e. The van der Waals surface area contributed by atoms with Crippen molar-refractivity contribution >= 4 is 17.9 Å². The average Bonchev–Trinajstić information content (AvgIpc) is 2.98. The monoisotopic (exact) mass is 614 g/mol. The van der Waals surface area contributed by atoms with Crippen LogP contribution in [0.1, 0.15) is 72.3 Å². The van der Waals surface area contributed by atoms with E-state index in [1.807, 2.05) is 64.1 Å². The van der Waals surface area contributed by atoms with Gasteiger partial charge in [-0.1, -0.05) is 52.0 Å². The smallest absolute Gasteiger partial charge is 0.335 e. The highest BCUT2D eigenvalue weighted by Crippen LogP contribution is 2.34. The number of carboxylic acids is 1. The Labute approximate surface area is 262 Å². The maximum atomic E-state index is 13.2.